The van der Waals surface area contributed by atoms with E-state index in [4.69, 9.17) is 0 Å². The van der Waals surface area contributed by atoms with Gasteiger partial charge in [-0.15, -0.1) is 0 Å². The monoisotopic (exact) mass is 462 g/mol. The number of carbonyl (C=O) groups is 2. The van der Waals surface area contributed by atoms with Crippen molar-refractivity contribution in [2.24, 2.45) is 0 Å². The van der Waals surface area contributed by atoms with Crippen LogP contribution >= 0.6 is 11.8 Å². The van der Waals surface area contributed by atoms with Crippen molar-refractivity contribution in [1.82, 2.24) is 15.3 Å². The highest BCUT2D eigenvalue weighted by molar-refractivity contribution is 7.99. The molecule has 1 aromatic carbocycles. The first-order valence-corrected chi connectivity index (χ1v) is 11.7. The molecule has 1 saturated heterocycles. The molecule has 3 heterocycles. The van der Waals surface area contributed by atoms with Gasteiger partial charge in [-0.3, -0.25) is 4.79 Å². The molecule has 170 valence electrons. The van der Waals surface area contributed by atoms with E-state index in [1.54, 1.807) is 12.4 Å². The van der Waals surface area contributed by atoms with Crippen molar-refractivity contribution < 1.29 is 9.59 Å². The highest BCUT2D eigenvalue weighted by Gasteiger charge is 2.23. The summed E-state index contributed by atoms with van der Waals surface area (Å²) in [5, 5.41) is 10.3. The van der Waals surface area contributed by atoms with E-state index < -0.39 is 0 Å². The summed E-state index contributed by atoms with van der Waals surface area (Å²) in [6, 6.07) is 16.9. The predicted molar refractivity (Wildman–Crippen MR) is 131 cm³/mol. The van der Waals surface area contributed by atoms with E-state index in [2.05, 4.69) is 30.8 Å². The number of hydrogen-bond donors (Lipinski definition) is 3. The fourth-order valence-electron chi connectivity index (χ4n) is 3.52. The van der Waals surface area contributed by atoms with Crippen molar-refractivity contribution in [3.63, 3.8) is 0 Å². The summed E-state index contributed by atoms with van der Waals surface area (Å²) in [5.41, 5.74) is 2.37. The third-order valence-corrected chi connectivity index (χ3v) is 6.11. The largest absolute Gasteiger partial charge is 0.369 e. The van der Waals surface area contributed by atoms with Gasteiger partial charge in [0.15, 0.2) is 0 Å². The van der Waals surface area contributed by atoms with Crippen LogP contribution in [-0.2, 0) is 4.79 Å². The Morgan fingerprint density at radius 1 is 1.00 bits per heavy atom. The Morgan fingerprint density at radius 3 is 2.45 bits per heavy atom. The average Bonchev–Trinajstić information content (AvgIpc) is 3.30. The highest BCUT2D eigenvalue weighted by Crippen LogP contribution is 2.25. The quantitative estimate of drug-likeness (QED) is 0.482. The fraction of sp³-hybridized carbons (Fsp3) is 0.250. The van der Waals surface area contributed by atoms with E-state index in [0.29, 0.717) is 17.8 Å². The second kappa shape index (κ2) is 10.8. The number of carbonyl (C=O) groups excluding carboxylic acids is 2. The molecule has 1 aliphatic rings. The second-order valence-electron chi connectivity index (χ2n) is 7.63. The lowest BCUT2D eigenvalue weighted by atomic mass is 10.2. The van der Waals surface area contributed by atoms with Crippen LogP contribution in [-0.4, -0.2) is 41.0 Å². The van der Waals surface area contributed by atoms with E-state index >= 15 is 0 Å². The Bertz CT molecular complexity index is 1080. The molecule has 0 saturated carbocycles. The zero-order chi connectivity index (χ0) is 23.0. The number of nitrogens with zero attached hydrogens (tertiary/aromatic N) is 3. The van der Waals surface area contributed by atoms with E-state index in [9.17, 15) is 9.59 Å². The Balaban J connectivity index is 1.26. The van der Waals surface area contributed by atoms with Gasteiger partial charge in [0.1, 0.15) is 10.1 Å². The van der Waals surface area contributed by atoms with Crippen molar-refractivity contribution in [2.75, 3.05) is 28.6 Å². The lowest BCUT2D eigenvalue weighted by Crippen LogP contribution is -2.36. The number of nitrogens with one attached hydrogen (secondary N) is 3. The van der Waals surface area contributed by atoms with Crippen LogP contribution in [0.25, 0.3) is 0 Å². The Morgan fingerprint density at radius 2 is 1.76 bits per heavy atom. The minimum absolute atomic E-state index is 0.0872. The van der Waals surface area contributed by atoms with Crippen LogP contribution in [0.15, 0.2) is 77.0 Å². The van der Waals surface area contributed by atoms with Crippen molar-refractivity contribution >= 4 is 40.8 Å². The maximum atomic E-state index is 12.4. The van der Waals surface area contributed by atoms with E-state index in [-0.39, 0.29) is 18.0 Å². The van der Waals surface area contributed by atoms with Crippen LogP contribution in [0, 0.1) is 0 Å². The highest BCUT2D eigenvalue weighted by atomic mass is 32.2. The Labute approximate surface area is 197 Å². The lowest BCUT2D eigenvalue weighted by molar-refractivity contribution is -0.121. The van der Waals surface area contributed by atoms with Crippen LogP contribution in [0.5, 0.6) is 0 Å². The summed E-state index contributed by atoms with van der Waals surface area (Å²) in [7, 11) is 0. The third kappa shape index (κ3) is 6.45. The molecule has 1 aliphatic heterocycles. The van der Waals surface area contributed by atoms with Gasteiger partial charge in [0.2, 0.25) is 5.91 Å². The van der Waals surface area contributed by atoms with E-state index in [0.717, 1.165) is 35.2 Å². The third-order valence-electron chi connectivity index (χ3n) is 5.21. The Kier molecular flexibility index (Phi) is 7.41. The summed E-state index contributed by atoms with van der Waals surface area (Å²) in [6.07, 6.45) is 4.80. The van der Waals surface area contributed by atoms with Gasteiger partial charge in [0.05, 0.1) is 11.9 Å². The van der Waals surface area contributed by atoms with Gasteiger partial charge in [0.25, 0.3) is 0 Å². The van der Waals surface area contributed by atoms with Crippen molar-refractivity contribution in [3.8, 4) is 0 Å². The molecular formula is C24H26N6O2S. The van der Waals surface area contributed by atoms with Crippen LogP contribution in [0.4, 0.5) is 21.9 Å². The zero-order valence-corrected chi connectivity index (χ0v) is 19.1. The minimum atomic E-state index is -0.335. The first-order valence-electron chi connectivity index (χ1n) is 10.9. The van der Waals surface area contributed by atoms with Gasteiger partial charge >= 0.3 is 6.03 Å². The van der Waals surface area contributed by atoms with E-state index in [1.165, 1.54) is 11.8 Å². The first kappa shape index (κ1) is 22.6. The summed E-state index contributed by atoms with van der Waals surface area (Å²) < 4.78 is 0. The summed E-state index contributed by atoms with van der Waals surface area (Å²) in [4.78, 5) is 34.8. The van der Waals surface area contributed by atoms with Gasteiger partial charge in [-0.25, -0.2) is 14.8 Å². The normalized spacial score (nSPS) is 15.2. The topological polar surface area (TPSA) is 99.2 Å². The van der Waals surface area contributed by atoms with Crippen LogP contribution < -0.4 is 20.9 Å². The summed E-state index contributed by atoms with van der Waals surface area (Å²) >= 11 is 1.46. The van der Waals surface area contributed by atoms with Crippen molar-refractivity contribution in [3.05, 3.63) is 67.0 Å². The minimum Gasteiger partial charge on any atom is -0.369 e. The smallest absolute Gasteiger partial charge is 0.323 e. The molecule has 0 aliphatic carbocycles. The van der Waals surface area contributed by atoms with Crippen molar-refractivity contribution in [1.29, 1.82) is 0 Å². The molecule has 3 aromatic rings. The van der Waals surface area contributed by atoms with Gasteiger partial charge in [0, 0.05) is 43.1 Å². The van der Waals surface area contributed by atoms with Gasteiger partial charge in [-0.2, -0.15) is 0 Å². The van der Waals surface area contributed by atoms with Crippen LogP contribution in [0.1, 0.15) is 19.8 Å². The second-order valence-corrected chi connectivity index (χ2v) is 8.67. The molecule has 1 unspecified atom stereocenters. The predicted octanol–water partition coefficient (Wildman–Crippen LogP) is 4.38. The molecule has 1 atom stereocenters. The first-order chi connectivity index (χ1) is 16.1. The standard InChI is InChI=1S/C24H26N6O2S/c1-2-21(31)27-19-12-14-30(16-19)20-9-6-17(7-10-20)28-24(32)29-18-8-11-23(26-15-18)33-22-5-3-4-13-25-22/h3-11,13,15,19H,2,12,14,16H2,1H3,(H,27,31)(H2,28,29,32). The number of anilines is 3. The van der Waals surface area contributed by atoms with Gasteiger partial charge in [-0.05, 0) is 55.0 Å². The molecule has 2 aromatic heterocycles. The van der Waals surface area contributed by atoms with Crippen LogP contribution in [0.2, 0.25) is 0 Å². The number of urea groups is 1. The molecule has 0 spiro atoms. The number of benzene rings is 1. The number of hydrogen-bond acceptors (Lipinski definition) is 6. The number of amides is 3. The fourth-order valence-corrected chi connectivity index (χ4v) is 4.24. The molecule has 0 radical (unpaired) electrons. The number of rotatable bonds is 7. The molecular weight excluding hydrogens is 436 g/mol. The van der Waals surface area contributed by atoms with Gasteiger partial charge in [-0.1, -0.05) is 24.8 Å². The van der Waals surface area contributed by atoms with Crippen molar-refractivity contribution in [2.45, 2.75) is 35.9 Å². The molecule has 3 N–H and O–H groups in total. The number of pyridine rings is 2. The summed E-state index contributed by atoms with van der Waals surface area (Å²) in [5.74, 6) is 0.0872. The molecule has 8 nitrogen and oxygen atoms in total. The molecule has 33 heavy (non-hydrogen) atoms. The molecule has 0 bridgehead atoms. The molecule has 1 fully saturated rings. The van der Waals surface area contributed by atoms with Gasteiger partial charge < -0.3 is 20.9 Å². The number of aromatic nitrogens is 2. The summed E-state index contributed by atoms with van der Waals surface area (Å²) in [6.45, 7) is 3.54. The molecule has 4 rings (SSSR count). The van der Waals surface area contributed by atoms with Crippen LogP contribution in [0.3, 0.4) is 0 Å². The lowest BCUT2D eigenvalue weighted by Gasteiger charge is -2.19. The van der Waals surface area contributed by atoms with E-state index in [1.807, 2.05) is 61.5 Å². The maximum absolute atomic E-state index is 12.4. The molecule has 9 heteroatoms. The average molecular weight is 463 g/mol. The Hall–Kier alpha value is -3.59. The maximum Gasteiger partial charge on any atom is 0.323 e. The molecule has 3 amide bonds. The zero-order valence-electron chi connectivity index (χ0n) is 18.3. The SMILES string of the molecule is CCC(=O)NC1CCN(c2ccc(NC(=O)Nc3ccc(Sc4ccccn4)nc3)cc2)C1.